The minimum atomic E-state index is -0.679. The predicted octanol–water partition coefficient (Wildman–Crippen LogP) is 3.38. The maximum Gasteiger partial charge on any atom is 0.311 e. The van der Waals surface area contributed by atoms with Gasteiger partial charge in [0.2, 0.25) is 0 Å². The van der Waals surface area contributed by atoms with Crippen LogP contribution in [0, 0.1) is 5.41 Å². The molecule has 1 unspecified atom stereocenters. The molecule has 5 heteroatoms. The lowest BCUT2D eigenvalue weighted by Crippen LogP contribution is -2.48. The molecule has 4 nitrogen and oxygen atoms in total. The van der Waals surface area contributed by atoms with E-state index in [0.29, 0.717) is 13.0 Å². The van der Waals surface area contributed by atoms with Crippen LogP contribution in [0.15, 0.2) is 23.7 Å². The highest BCUT2D eigenvalue weighted by Gasteiger charge is 2.41. The van der Waals surface area contributed by atoms with Crippen LogP contribution < -0.4 is 4.90 Å². The summed E-state index contributed by atoms with van der Waals surface area (Å²) < 4.78 is 1.21. The van der Waals surface area contributed by atoms with Gasteiger partial charge in [0.05, 0.1) is 5.41 Å². The zero-order chi connectivity index (χ0) is 14.2. The molecule has 1 N–H and O–H groups in total. The smallest absolute Gasteiger partial charge is 0.311 e. The van der Waals surface area contributed by atoms with Gasteiger partial charge in [0.1, 0.15) is 5.82 Å². The fourth-order valence-corrected chi connectivity index (χ4v) is 3.84. The van der Waals surface area contributed by atoms with Gasteiger partial charge in [-0.15, -0.1) is 11.3 Å². The van der Waals surface area contributed by atoms with Gasteiger partial charge in [-0.3, -0.25) is 4.79 Å². The van der Waals surface area contributed by atoms with Crippen LogP contribution in [0.4, 0.5) is 5.82 Å². The fourth-order valence-electron chi connectivity index (χ4n) is 3.06. The van der Waals surface area contributed by atoms with Gasteiger partial charge < -0.3 is 10.0 Å². The number of pyridine rings is 1. The number of aliphatic carboxylic acids is 1. The molecule has 2 aromatic rings. The lowest BCUT2D eigenvalue weighted by Gasteiger charge is -2.40. The average molecular weight is 290 g/mol. The second-order valence-electron chi connectivity index (χ2n) is 5.43. The number of anilines is 1. The van der Waals surface area contributed by atoms with Gasteiger partial charge in [0, 0.05) is 29.4 Å². The number of aromatic nitrogens is 1. The van der Waals surface area contributed by atoms with Crippen LogP contribution in [0.2, 0.25) is 0 Å². The summed E-state index contributed by atoms with van der Waals surface area (Å²) >= 11 is 1.69. The van der Waals surface area contributed by atoms with E-state index >= 15 is 0 Å². The monoisotopic (exact) mass is 290 g/mol. The zero-order valence-electron chi connectivity index (χ0n) is 11.5. The molecule has 0 amide bonds. The summed E-state index contributed by atoms with van der Waals surface area (Å²) in [5, 5.41) is 12.8. The third-order valence-corrected chi connectivity index (χ3v) is 5.25. The van der Waals surface area contributed by atoms with E-state index in [1.807, 2.05) is 19.2 Å². The number of carboxylic acids is 1. The molecular formula is C15H18N2O2S. The second kappa shape index (κ2) is 5.05. The van der Waals surface area contributed by atoms with Crippen molar-refractivity contribution in [3.05, 3.63) is 23.7 Å². The Labute approximate surface area is 122 Å². The molecule has 3 rings (SSSR count). The SMILES string of the molecule is CCC1(C(=O)O)CCCN(c2nccc3sccc23)C1. The van der Waals surface area contributed by atoms with Crippen molar-refractivity contribution in [2.75, 3.05) is 18.0 Å². The first-order valence-corrected chi connectivity index (χ1v) is 7.85. The van der Waals surface area contributed by atoms with Gasteiger partial charge >= 0.3 is 5.97 Å². The minimum absolute atomic E-state index is 0.556. The molecule has 0 spiro atoms. The van der Waals surface area contributed by atoms with Gasteiger partial charge in [-0.05, 0) is 36.8 Å². The van der Waals surface area contributed by atoms with Crippen LogP contribution in [0.25, 0.3) is 10.1 Å². The Morgan fingerprint density at radius 3 is 3.15 bits per heavy atom. The van der Waals surface area contributed by atoms with Crippen molar-refractivity contribution in [3.63, 3.8) is 0 Å². The number of hydrogen-bond donors (Lipinski definition) is 1. The largest absolute Gasteiger partial charge is 0.481 e. The first-order valence-electron chi connectivity index (χ1n) is 6.97. The molecule has 1 saturated heterocycles. The number of hydrogen-bond acceptors (Lipinski definition) is 4. The van der Waals surface area contributed by atoms with E-state index in [9.17, 15) is 9.90 Å². The molecule has 20 heavy (non-hydrogen) atoms. The second-order valence-corrected chi connectivity index (χ2v) is 6.38. The van der Waals surface area contributed by atoms with Crippen molar-refractivity contribution in [3.8, 4) is 0 Å². The van der Waals surface area contributed by atoms with Gasteiger partial charge in [0.25, 0.3) is 0 Å². The number of carbonyl (C=O) groups is 1. The minimum Gasteiger partial charge on any atom is -0.481 e. The summed E-state index contributed by atoms with van der Waals surface area (Å²) in [6, 6.07) is 4.09. The van der Waals surface area contributed by atoms with Crippen LogP contribution in [0.1, 0.15) is 26.2 Å². The molecule has 106 valence electrons. The van der Waals surface area contributed by atoms with Crippen LogP contribution in [-0.4, -0.2) is 29.1 Å². The van der Waals surface area contributed by atoms with E-state index in [1.54, 1.807) is 11.3 Å². The van der Waals surface area contributed by atoms with Crippen LogP contribution in [0.3, 0.4) is 0 Å². The van der Waals surface area contributed by atoms with E-state index in [1.165, 1.54) is 4.70 Å². The Bertz CT molecular complexity index is 640. The highest BCUT2D eigenvalue weighted by molar-refractivity contribution is 7.17. The van der Waals surface area contributed by atoms with Gasteiger partial charge in [-0.25, -0.2) is 4.98 Å². The third-order valence-electron chi connectivity index (χ3n) is 4.37. The Morgan fingerprint density at radius 2 is 2.40 bits per heavy atom. The fraction of sp³-hybridized carbons (Fsp3) is 0.467. The number of piperidine rings is 1. The van der Waals surface area contributed by atoms with E-state index in [0.717, 1.165) is 30.6 Å². The van der Waals surface area contributed by atoms with Gasteiger partial charge in [-0.2, -0.15) is 0 Å². The Morgan fingerprint density at radius 1 is 1.55 bits per heavy atom. The predicted molar refractivity (Wildman–Crippen MR) is 81.4 cm³/mol. The summed E-state index contributed by atoms with van der Waals surface area (Å²) in [6.07, 6.45) is 4.15. The molecule has 1 aliphatic heterocycles. The van der Waals surface area contributed by atoms with E-state index in [2.05, 4.69) is 21.3 Å². The third kappa shape index (κ3) is 2.06. The lowest BCUT2D eigenvalue weighted by molar-refractivity contribution is -0.149. The van der Waals surface area contributed by atoms with E-state index in [-0.39, 0.29) is 0 Å². The number of thiophene rings is 1. The molecule has 0 aromatic carbocycles. The Kier molecular flexibility index (Phi) is 3.38. The molecule has 1 fully saturated rings. The summed E-state index contributed by atoms with van der Waals surface area (Å²) in [5.41, 5.74) is -0.627. The number of rotatable bonds is 3. The van der Waals surface area contributed by atoms with Crippen LogP contribution in [0.5, 0.6) is 0 Å². The molecular weight excluding hydrogens is 272 g/mol. The molecule has 1 atom stereocenters. The maximum absolute atomic E-state index is 11.7. The quantitative estimate of drug-likeness (QED) is 0.941. The van der Waals surface area contributed by atoms with Crippen molar-refractivity contribution >= 4 is 33.2 Å². The lowest BCUT2D eigenvalue weighted by atomic mass is 9.77. The number of carboxylic acid groups (broad SMARTS) is 1. The highest BCUT2D eigenvalue weighted by atomic mass is 32.1. The summed E-state index contributed by atoms with van der Waals surface area (Å²) in [6.45, 7) is 3.41. The van der Waals surface area contributed by atoms with Crippen molar-refractivity contribution < 1.29 is 9.90 Å². The van der Waals surface area contributed by atoms with Crippen LogP contribution >= 0.6 is 11.3 Å². The normalized spacial score (nSPS) is 23.1. The number of fused-ring (bicyclic) bond motifs is 1. The summed E-state index contributed by atoms with van der Waals surface area (Å²) in [5.74, 6) is 0.254. The molecule has 3 heterocycles. The topological polar surface area (TPSA) is 53.4 Å². The molecule has 0 aliphatic carbocycles. The van der Waals surface area contributed by atoms with Crippen molar-refractivity contribution in [1.29, 1.82) is 0 Å². The first-order chi connectivity index (χ1) is 9.66. The number of nitrogens with zero attached hydrogens (tertiary/aromatic N) is 2. The summed E-state index contributed by atoms with van der Waals surface area (Å²) in [7, 11) is 0. The van der Waals surface area contributed by atoms with E-state index in [4.69, 9.17) is 0 Å². The average Bonchev–Trinajstić information content (AvgIpc) is 2.95. The maximum atomic E-state index is 11.7. The van der Waals surface area contributed by atoms with Gasteiger partial charge in [0.15, 0.2) is 0 Å². The standard InChI is InChI=1S/C15H18N2O2S/c1-2-15(14(18)19)6-3-8-17(10-15)13-11-5-9-20-12(11)4-7-16-13/h4-5,7,9H,2-3,6,8,10H2,1H3,(H,18,19). The first kappa shape index (κ1) is 13.4. The molecule has 0 bridgehead atoms. The van der Waals surface area contributed by atoms with Crippen LogP contribution in [-0.2, 0) is 4.79 Å². The molecule has 0 radical (unpaired) electrons. The molecule has 0 saturated carbocycles. The van der Waals surface area contributed by atoms with Crippen molar-refractivity contribution in [2.24, 2.45) is 5.41 Å². The Balaban J connectivity index is 1.98. The Hall–Kier alpha value is -1.62. The summed E-state index contributed by atoms with van der Waals surface area (Å²) in [4.78, 5) is 18.3. The van der Waals surface area contributed by atoms with Gasteiger partial charge in [-0.1, -0.05) is 6.92 Å². The molecule has 2 aromatic heterocycles. The zero-order valence-corrected chi connectivity index (χ0v) is 12.3. The van der Waals surface area contributed by atoms with Crippen molar-refractivity contribution in [2.45, 2.75) is 26.2 Å². The van der Waals surface area contributed by atoms with Crippen molar-refractivity contribution in [1.82, 2.24) is 4.98 Å². The molecule has 1 aliphatic rings. The highest BCUT2D eigenvalue weighted by Crippen LogP contribution is 2.37. The van der Waals surface area contributed by atoms with E-state index < -0.39 is 11.4 Å².